The molecule has 2 aliphatic carbocycles. The van der Waals surface area contributed by atoms with E-state index in [9.17, 15) is 0 Å². The van der Waals surface area contributed by atoms with Gasteiger partial charge in [-0.05, 0) is 136 Å². The zero-order chi connectivity index (χ0) is 35.6. The summed E-state index contributed by atoms with van der Waals surface area (Å²) in [5.41, 5.74) is 14.4. The van der Waals surface area contributed by atoms with Gasteiger partial charge in [-0.25, -0.2) is 0 Å². The zero-order valence-corrected chi connectivity index (χ0v) is 30.5. The van der Waals surface area contributed by atoms with Gasteiger partial charge in [0.15, 0.2) is 0 Å². The summed E-state index contributed by atoms with van der Waals surface area (Å²) >= 11 is 0. The summed E-state index contributed by atoms with van der Waals surface area (Å²) in [5.74, 6) is 0. The molecule has 0 heterocycles. The second kappa shape index (κ2) is 10.7. The number of anilines is 3. The Balaban J connectivity index is 1.07. The molecule has 0 amide bonds. The highest BCUT2D eigenvalue weighted by Crippen LogP contribution is 2.55. The van der Waals surface area contributed by atoms with Crippen molar-refractivity contribution in [1.82, 2.24) is 0 Å². The molecule has 0 saturated carbocycles. The lowest BCUT2D eigenvalue weighted by Crippen LogP contribution is -2.15. The molecule has 1 heteroatoms. The van der Waals surface area contributed by atoms with Crippen LogP contribution < -0.4 is 4.90 Å². The van der Waals surface area contributed by atoms with E-state index in [1.54, 1.807) is 0 Å². The van der Waals surface area contributed by atoms with Crippen molar-refractivity contribution in [3.8, 4) is 22.3 Å². The number of para-hydroxylation sites is 1. The fourth-order valence-corrected chi connectivity index (χ4v) is 9.96. The summed E-state index contributed by atoms with van der Waals surface area (Å²) < 4.78 is 0. The van der Waals surface area contributed by atoms with Gasteiger partial charge >= 0.3 is 0 Å². The zero-order valence-electron chi connectivity index (χ0n) is 30.5. The largest absolute Gasteiger partial charge is 0.310 e. The van der Waals surface area contributed by atoms with E-state index in [0.717, 1.165) is 17.1 Å². The van der Waals surface area contributed by atoms with E-state index in [0.29, 0.717) is 0 Å². The maximum Gasteiger partial charge on any atom is 0.0468 e. The van der Waals surface area contributed by atoms with E-state index in [1.807, 2.05) is 0 Å². The van der Waals surface area contributed by atoms with Gasteiger partial charge in [0.05, 0.1) is 0 Å². The number of hydrogen-bond acceptors (Lipinski definition) is 1. The van der Waals surface area contributed by atoms with Gasteiger partial charge in [-0.15, -0.1) is 0 Å². The Kier molecular flexibility index (Phi) is 6.14. The predicted octanol–water partition coefficient (Wildman–Crippen LogP) is 14.4. The van der Waals surface area contributed by atoms with Crippen molar-refractivity contribution in [2.24, 2.45) is 0 Å². The molecule has 0 bridgehead atoms. The summed E-state index contributed by atoms with van der Waals surface area (Å²) in [6.07, 6.45) is 0. The Morgan fingerprint density at radius 1 is 0.340 bits per heavy atom. The van der Waals surface area contributed by atoms with Crippen LogP contribution in [0.25, 0.3) is 65.3 Å². The first-order valence-electron chi connectivity index (χ1n) is 18.8. The first-order valence-corrected chi connectivity index (χ1v) is 18.8. The van der Waals surface area contributed by atoms with E-state index >= 15 is 0 Å². The highest BCUT2D eigenvalue weighted by molar-refractivity contribution is 6.08. The van der Waals surface area contributed by atoms with Crippen molar-refractivity contribution in [2.75, 3.05) is 4.90 Å². The molecular weight excluding hydrogens is 639 g/mol. The number of fused-ring (bicyclic) bond motifs is 13. The van der Waals surface area contributed by atoms with Crippen LogP contribution in [0.1, 0.15) is 49.9 Å². The Morgan fingerprint density at radius 2 is 0.906 bits per heavy atom. The molecule has 9 aromatic carbocycles. The molecule has 0 saturated heterocycles. The van der Waals surface area contributed by atoms with E-state index in [-0.39, 0.29) is 10.8 Å². The number of rotatable bonds is 3. The van der Waals surface area contributed by atoms with Crippen LogP contribution in [0, 0.1) is 0 Å². The molecule has 0 N–H and O–H groups in total. The van der Waals surface area contributed by atoms with Crippen molar-refractivity contribution in [1.29, 1.82) is 0 Å². The van der Waals surface area contributed by atoms with E-state index in [2.05, 4.69) is 196 Å². The third-order valence-corrected chi connectivity index (χ3v) is 12.5. The fourth-order valence-electron chi connectivity index (χ4n) is 9.96. The molecular formula is C52H39N. The first kappa shape index (κ1) is 30.4. The van der Waals surface area contributed by atoms with Gasteiger partial charge in [-0.2, -0.15) is 0 Å². The maximum atomic E-state index is 2.46. The minimum Gasteiger partial charge on any atom is -0.310 e. The molecule has 0 aromatic heterocycles. The van der Waals surface area contributed by atoms with Crippen LogP contribution in [0.5, 0.6) is 0 Å². The molecule has 0 aliphatic heterocycles. The van der Waals surface area contributed by atoms with Gasteiger partial charge in [0.2, 0.25) is 0 Å². The van der Waals surface area contributed by atoms with Crippen LogP contribution in [0.15, 0.2) is 164 Å². The van der Waals surface area contributed by atoms with Crippen molar-refractivity contribution in [3.63, 3.8) is 0 Å². The van der Waals surface area contributed by atoms with Crippen LogP contribution in [-0.2, 0) is 10.8 Å². The van der Waals surface area contributed by atoms with Gasteiger partial charge in [0.1, 0.15) is 0 Å². The Labute approximate surface area is 310 Å². The van der Waals surface area contributed by atoms with Gasteiger partial charge in [0.25, 0.3) is 0 Å². The van der Waals surface area contributed by atoms with Crippen LogP contribution >= 0.6 is 0 Å². The lowest BCUT2D eigenvalue weighted by molar-refractivity contribution is 0.661. The molecule has 0 radical (unpaired) electrons. The summed E-state index contributed by atoms with van der Waals surface area (Å²) in [7, 11) is 0. The monoisotopic (exact) mass is 677 g/mol. The van der Waals surface area contributed by atoms with E-state index < -0.39 is 0 Å². The molecule has 0 unspecified atom stereocenters. The Bertz CT molecular complexity index is 2950. The van der Waals surface area contributed by atoms with Crippen molar-refractivity contribution in [3.05, 3.63) is 186 Å². The molecule has 2 aliphatic rings. The van der Waals surface area contributed by atoms with E-state index in [4.69, 9.17) is 0 Å². The second-order valence-corrected chi connectivity index (χ2v) is 16.2. The number of nitrogens with zero attached hydrogens (tertiary/aromatic N) is 1. The lowest BCUT2D eigenvalue weighted by Gasteiger charge is -2.27. The van der Waals surface area contributed by atoms with Crippen molar-refractivity contribution < 1.29 is 0 Å². The Hall–Kier alpha value is -6.18. The highest BCUT2D eigenvalue weighted by atomic mass is 15.1. The standard InChI is InChI=1S/C52H39N/c1-51(2)45-26-20-33-13-9-11-17-41(33)49(45)44-30-34-18-22-38(29-36(34)31-47(44)51)53(37-14-6-5-7-15-37)39-23-25-42-35(28-39)19-24-43-48-40-16-10-8-12-32(40)21-27-46(48)52(3,4)50(42)43/h5-31H,1-4H3. The summed E-state index contributed by atoms with van der Waals surface area (Å²) in [6.45, 7) is 9.55. The third kappa shape index (κ3) is 4.20. The summed E-state index contributed by atoms with van der Waals surface area (Å²) in [6, 6.07) is 61.4. The van der Waals surface area contributed by atoms with Crippen molar-refractivity contribution >= 4 is 60.2 Å². The van der Waals surface area contributed by atoms with Crippen LogP contribution in [-0.4, -0.2) is 0 Å². The predicted molar refractivity (Wildman–Crippen MR) is 226 cm³/mol. The molecule has 11 rings (SSSR count). The molecule has 0 atom stereocenters. The minimum atomic E-state index is -0.104. The van der Waals surface area contributed by atoms with Gasteiger partial charge in [-0.1, -0.05) is 143 Å². The quantitative estimate of drug-likeness (QED) is 0.180. The first-order chi connectivity index (χ1) is 25.8. The smallest absolute Gasteiger partial charge is 0.0468 e. The molecule has 0 fully saturated rings. The van der Waals surface area contributed by atoms with E-state index in [1.165, 1.54) is 87.6 Å². The second-order valence-electron chi connectivity index (χ2n) is 16.2. The molecule has 53 heavy (non-hydrogen) atoms. The van der Waals surface area contributed by atoms with Crippen LogP contribution in [0.2, 0.25) is 0 Å². The van der Waals surface area contributed by atoms with Gasteiger partial charge in [-0.3, -0.25) is 0 Å². The molecule has 0 spiro atoms. The average molecular weight is 678 g/mol. The normalized spacial score (nSPS) is 14.7. The number of hydrogen-bond donors (Lipinski definition) is 0. The van der Waals surface area contributed by atoms with Crippen LogP contribution in [0.3, 0.4) is 0 Å². The van der Waals surface area contributed by atoms with Crippen molar-refractivity contribution in [2.45, 2.75) is 38.5 Å². The molecule has 1 nitrogen and oxygen atoms in total. The lowest BCUT2D eigenvalue weighted by atomic mass is 9.80. The number of benzene rings is 9. The molecule has 252 valence electrons. The topological polar surface area (TPSA) is 3.24 Å². The fraction of sp³-hybridized carbons (Fsp3) is 0.115. The minimum absolute atomic E-state index is 0.0870. The SMILES string of the molecule is CC1(C)c2cc3cc(N(c4ccccc4)c4ccc5c6c(ccc5c4)-c4c(ccc5ccccc45)C6(C)C)ccc3cc2-c2c1ccc1ccccc21. The summed E-state index contributed by atoms with van der Waals surface area (Å²) in [5, 5.41) is 10.4. The molecule has 9 aromatic rings. The van der Waals surface area contributed by atoms with Gasteiger partial charge < -0.3 is 4.90 Å². The van der Waals surface area contributed by atoms with Crippen LogP contribution in [0.4, 0.5) is 17.1 Å². The third-order valence-electron chi connectivity index (χ3n) is 12.5. The maximum absolute atomic E-state index is 2.46. The van der Waals surface area contributed by atoms with Gasteiger partial charge in [0, 0.05) is 27.9 Å². The Morgan fingerprint density at radius 3 is 1.62 bits per heavy atom. The average Bonchev–Trinajstić information content (AvgIpc) is 3.57. The summed E-state index contributed by atoms with van der Waals surface area (Å²) in [4.78, 5) is 2.42. The highest BCUT2D eigenvalue weighted by Gasteiger charge is 2.38.